The fourth-order valence-corrected chi connectivity index (χ4v) is 1.85. The minimum atomic E-state index is -2.74. The Labute approximate surface area is 82.2 Å². The Morgan fingerprint density at radius 2 is 1.79 bits per heavy atom. The predicted octanol–water partition coefficient (Wildman–Crippen LogP) is -3.33. The number of aliphatic hydroxyl groups is 4. The molecular weight excluding hydrogens is 216 g/mol. The van der Waals surface area contributed by atoms with E-state index in [-0.39, 0.29) is 0 Å². The molecule has 14 heavy (non-hydrogen) atoms. The Balaban J connectivity index is 2.78. The SMILES string of the molecule is O=S([O-])[C@@H]1O[C@H](CO)[C@@H](O)[C@H](O)[C@H]1O. The molecule has 1 fully saturated rings. The van der Waals surface area contributed by atoms with Gasteiger partial charge in [-0.3, -0.25) is 4.21 Å². The van der Waals surface area contributed by atoms with Gasteiger partial charge in [-0.25, -0.2) is 0 Å². The number of rotatable bonds is 2. The van der Waals surface area contributed by atoms with Gasteiger partial charge < -0.3 is 29.7 Å². The molecule has 7 nitrogen and oxygen atoms in total. The van der Waals surface area contributed by atoms with E-state index in [1.807, 2.05) is 0 Å². The van der Waals surface area contributed by atoms with E-state index in [0.29, 0.717) is 0 Å². The van der Waals surface area contributed by atoms with Gasteiger partial charge in [0.1, 0.15) is 29.9 Å². The van der Waals surface area contributed by atoms with Crippen LogP contribution < -0.4 is 0 Å². The molecular formula is C6H11O7S-. The lowest BCUT2D eigenvalue weighted by molar-refractivity contribution is -0.207. The number of hydrogen-bond acceptors (Lipinski definition) is 7. The average molecular weight is 227 g/mol. The van der Waals surface area contributed by atoms with Crippen LogP contribution in [0.2, 0.25) is 0 Å². The minimum absolute atomic E-state index is 0.640. The van der Waals surface area contributed by atoms with Gasteiger partial charge in [-0.2, -0.15) is 0 Å². The third-order valence-electron chi connectivity index (χ3n) is 2.04. The number of hydrogen-bond donors (Lipinski definition) is 4. The Kier molecular flexibility index (Phi) is 3.95. The van der Waals surface area contributed by atoms with Crippen LogP contribution in [0.5, 0.6) is 0 Å². The molecule has 0 aliphatic carbocycles. The maximum Gasteiger partial charge on any atom is 0.148 e. The van der Waals surface area contributed by atoms with Crippen molar-refractivity contribution < 1.29 is 33.9 Å². The first kappa shape index (κ1) is 12.0. The van der Waals surface area contributed by atoms with Gasteiger partial charge in [0.2, 0.25) is 0 Å². The first-order chi connectivity index (χ1) is 6.49. The van der Waals surface area contributed by atoms with Crippen LogP contribution >= 0.6 is 0 Å². The van der Waals surface area contributed by atoms with Crippen molar-refractivity contribution in [2.24, 2.45) is 0 Å². The normalized spacial score (nSPS) is 46.2. The Morgan fingerprint density at radius 3 is 2.21 bits per heavy atom. The van der Waals surface area contributed by atoms with Crippen molar-refractivity contribution in [3.8, 4) is 0 Å². The lowest BCUT2D eigenvalue weighted by atomic mass is 10.0. The molecule has 1 heterocycles. The summed E-state index contributed by atoms with van der Waals surface area (Å²) in [6.07, 6.45) is -6.08. The van der Waals surface area contributed by atoms with Crippen molar-refractivity contribution in [1.82, 2.24) is 0 Å². The summed E-state index contributed by atoms with van der Waals surface area (Å²) in [6.45, 7) is -0.640. The van der Waals surface area contributed by atoms with Crippen LogP contribution in [0, 0.1) is 0 Å². The standard InChI is InChI=1S/C6H12O7S/c7-1-2-3(8)4(9)5(10)6(13-2)14(11)12/h2-10H,1H2,(H,11,12)/p-1/t2-,3-,4+,5-,6+/m1/s1. The van der Waals surface area contributed by atoms with Crippen molar-refractivity contribution >= 4 is 11.1 Å². The van der Waals surface area contributed by atoms with Gasteiger partial charge in [0.25, 0.3) is 0 Å². The molecule has 0 amide bonds. The zero-order valence-electron chi connectivity index (χ0n) is 7.02. The van der Waals surface area contributed by atoms with E-state index in [2.05, 4.69) is 4.74 Å². The van der Waals surface area contributed by atoms with Gasteiger partial charge in [-0.05, 0) is 11.1 Å². The van der Waals surface area contributed by atoms with Gasteiger partial charge in [0.05, 0.1) is 6.61 Å². The smallest absolute Gasteiger partial charge is 0.148 e. The van der Waals surface area contributed by atoms with Crippen LogP contribution in [0.25, 0.3) is 0 Å². The average Bonchev–Trinajstić information content (AvgIpc) is 2.14. The fourth-order valence-electron chi connectivity index (χ4n) is 1.23. The molecule has 0 spiro atoms. The highest BCUT2D eigenvalue weighted by Crippen LogP contribution is 2.22. The van der Waals surface area contributed by atoms with Gasteiger partial charge >= 0.3 is 0 Å². The van der Waals surface area contributed by atoms with Crippen LogP contribution in [0.15, 0.2) is 0 Å². The molecule has 0 bridgehead atoms. The van der Waals surface area contributed by atoms with Crippen LogP contribution in [0.3, 0.4) is 0 Å². The van der Waals surface area contributed by atoms with Crippen LogP contribution in [0.1, 0.15) is 0 Å². The molecule has 1 rings (SSSR count). The first-order valence-electron chi connectivity index (χ1n) is 3.87. The van der Waals surface area contributed by atoms with E-state index in [9.17, 15) is 24.1 Å². The second-order valence-electron chi connectivity index (χ2n) is 2.96. The molecule has 0 aromatic carbocycles. The van der Waals surface area contributed by atoms with E-state index in [1.165, 1.54) is 0 Å². The quantitative estimate of drug-likeness (QED) is 0.363. The summed E-state index contributed by atoms with van der Waals surface area (Å²) in [4.78, 5) is 0. The zero-order valence-corrected chi connectivity index (χ0v) is 7.83. The third-order valence-corrected chi connectivity index (χ3v) is 2.81. The van der Waals surface area contributed by atoms with Gasteiger partial charge in [0, 0.05) is 0 Å². The van der Waals surface area contributed by atoms with E-state index in [0.717, 1.165) is 0 Å². The predicted molar refractivity (Wildman–Crippen MR) is 42.7 cm³/mol. The van der Waals surface area contributed by atoms with Crippen molar-refractivity contribution in [2.45, 2.75) is 29.9 Å². The molecule has 84 valence electrons. The summed E-state index contributed by atoms with van der Waals surface area (Å²) < 4.78 is 25.7. The lowest BCUT2D eigenvalue weighted by Gasteiger charge is -2.40. The van der Waals surface area contributed by atoms with Gasteiger partial charge in [-0.15, -0.1) is 0 Å². The highest BCUT2D eigenvalue weighted by Gasteiger charge is 2.43. The van der Waals surface area contributed by atoms with Gasteiger partial charge in [-0.1, -0.05) is 0 Å². The molecule has 0 saturated carbocycles. The summed E-state index contributed by atoms with van der Waals surface area (Å²) in [5, 5.41) is 36.3. The molecule has 0 aromatic heterocycles. The van der Waals surface area contributed by atoms with E-state index in [1.54, 1.807) is 0 Å². The molecule has 1 aliphatic heterocycles. The summed E-state index contributed by atoms with van der Waals surface area (Å²) >= 11 is -2.74. The van der Waals surface area contributed by atoms with Crippen molar-refractivity contribution in [3.05, 3.63) is 0 Å². The van der Waals surface area contributed by atoms with Gasteiger partial charge in [0.15, 0.2) is 0 Å². The Hall–Kier alpha value is -0.0900. The molecule has 6 atom stereocenters. The monoisotopic (exact) mass is 227 g/mol. The number of ether oxygens (including phenoxy) is 1. The highest BCUT2D eigenvalue weighted by atomic mass is 32.2. The molecule has 1 aliphatic rings. The zero-order chi connectivity index (χ0) is 10.9. The summed E-state index contributed by atoms with van der Waals surface area (Å²) in [5.74, 6) is 0. The summed E-state index contributed by atoms with van der Waals surface area (Å²) in [7, 11) is 0. The third kappa shape index (κ3) is 2.11. The molecule has 0 radical (unpaired) electrons. The largest absolute Gasteiger partial charge is 0.770 e. The Bertz CT molecular complexity index is 220. The summed E-state index contributed by atoms with van der Waals surface area (Å²) in [5.41, 5.74) is -1.63. The molecule has 0 aromatic rings. The van der Waals surface area contributed by atoms with Crippen molar-refractivity contribution in [1.29, 1.82) is 0 Å². The van der Waals surface area contributed by atoms with Crippen LogP contribution in [0.4, 0.5) is 0 Å². The topological polar surface area (TPSA) is 130 Å². The molecule has 1 unspecified atom stereocenters. The second-order valence-corrected chi connectivity index (χ2v) is 3.94. The second kappa shape index (κ2) is 4.62. The lowest BCUT2D eigenvalue weighted by Crippen LogP contribution is -2.59. The van der Waals surface area contributed by atoms with Crippen molar-refractivity contribution in [2.75, 3.05) is 6.61 Å². The molecule has 1 saturated heterocycles. The number of aliphatic hydroxyl groups excluding tert-OH is 4. The summed E-state index contributed by atoms with van der Waals surface area (Å²) in [6, 6.07) is 0. The Morgan fingerprint density at radius 1 is 1.21 bits per heavy atom. The highest BCUT2D eigenvalue weighted by molar-refractivity contribution is 7.79. The maximum atomic E-state index is 10.5. The van der Waals surface area contributed by atoms with Crippen LogP contribution in [-0.4, -0.2) is 65.6 Å². The molecule has 4 N–H and O–H groups in total. The van der Waals surface area contributed by atoms with E-state index < -0.39 is 47.5 Å². The first-order valence-corrected chi connectivity index (χ1v) is 5.01. The van der Waals surface area contributed by atoms with Crippen LogP contribution in [-0.2, 0) is 15.8 Å². The van der Waals surface area contributed by atoms with E-state index >= 15 is 0 Å². The molecule has 8 heteroatoms. The van der Waals surface area contributed by atoms with Crippen molar-refractivity contribution in [3.63, 3.8) is 0 Å². The minimum Gasteiger partial charge on any atom is -0.770 e. The van der Waals surface area contributed by atoms with E-state index in [4.69, 9.17) is 5.11 Å². The fraction of sp³-hybridized carbons (Fsp3) is 1.00. The maximum absolute atomic E-state index is 10.5.